The Kier molecular flexibility index (Phi) is 5.97. The fourth-order valence-corrected chi connectivity index (χ4v) is 3.83. The molecule has 0 aromatic heterocycles. The Bertz CT molecular complexity index is 806. The molecule has 7 heteroatoms. The smallest absolute Gasteiger partial charge is 0.203 e. The minimum Gasteiger partial charge on any atom is -0.493 e. The second-order valence-corrected chi connectivity index (χ2v) is 7.23. The van der Waals surface area contributed by atoms with E-state index >= 15 is 0 Å². The van der Waals surface area contributed by atoms with E-state index in [1.165, 1.54) is 0 Å². The molecule has 0 bridgehead atoms. The van der Waals surface area contributed by atoms with Crippen LogP contribution in [0.15, 0.2) is 42.5 Å². The molecule has 2 aliphatic rings. The molecule has 0 radical (unpaired) electrons. The number of hydrogen-bond donors (Lipinski definition) is 2. The van der Waals surface area contributed by atoms with Crippen LogP contribution in [0.4, 0.5) is 0 Å². The summed E-state index contributed by atoms with van der Waals surface area (Å²) in [6, 6.07) is 13.0. The minimum absolute atomic E-state index is 0.0820. The molecule has 0 unspecified atom stereocenters. The van der Waals surface area contributed by atoms with Gasteiger partial charge in [0.1, 0.15) is 24.9 Å². The first kappa shape index (κ1) is 19.7. The maximum absolute atomic E-state index is 10.8. The van der Waals surface area contributed by atoms with E-state index in [1.807, 2.05) is 42.5 Å². The summed E-state index contributed by atoms with van der Waals surface area (Å²) in [7, 11) is 3.17. The zero-order valence-corrected chi connectivity index (χ0v) is 16.7. The lowest BCUT2D eigenvalue weighted by molar-refractivity contribution is 0.0361. The highest BCUT2D eigenvalue weighted by atomic mass is 16.6. The van der Waals surface area contributed by atoms with Gasteiger partial charge in [0.25, 0.3) is 0 Å². The van der Waals surface area contributed by atoms with Crippen molar-refractivity contribution in [1.82, 2.24) is 5.32 Å². The average molecular weight is 401 g/mol. The Morgan fingerprint density at radius 1 is 1.00 bits per heavy atom. The van der Waals surface area contributed by atoms with Crippen LogP contribution in [0.3, 0.4) is 0 Å². The first-order valence-corrected chi connectivity index (χ1v) is 9.87. The third kappa shape index (κ3) is 4.21. The third-order valence-corrected chi connectivity index (χ3v) is 5.38. The molecular formula is C22H27NO6. The summed E-state index contributed by atoms with van der Waals surface area (Å²) in [5.74, 6) is 3.20. The Labute approximate surface area is 170 Å². The van der Waals surface area contributed by atoms with Crippen molar-refractivity contribution in [2.24, 2.45) is 0 Å². The summed E-state index contributed by atoms with van der Waals surface area (Å²) >= 11 is 0. The Balaban J connectivity index is 1.34. The van der Waals surface area contributed by atoms with Gasteiger partial charge >= 0.3 is 0 Å². The third-order valence-electron chi connectivity index (χ3n) is 5.38. The fraction of sp³-hybridized carbons (Fsp3) is 0.455. The van der Waals surface area contributed by atoms with Gasteiger partial charge in [-0.05, 0) is 37.1 Å². The van der Waals surface area contributed by atoms with Crippen LogP contribution < -0.4 is 29.0 Å². The van der Waals surface area contributed by atoms with Crippen LogP contribution in [0.5, 0.6) is 28.7 Å². The van der Waals surface area contributed by atoms with Gasteiger partial charge in [-0.1, -0.05) is 18.2 Å². The number of nitrogens with one attached hydrogen (secondary N) is 1. The van der Waals surface area contributed by atoms with Crippen LogP contribution in [-0.4, -0.2) is 56.8 Å². The molecule has 156 valence electrons. The van der Waals surface area contributed by atoms with Gasteiger partial charge in [0.15, 0.2) is 23.0 Å². The first-order valence-electron chi connectivity index (χ1n) is 9.87. The molecule has 0 spiro atoms. The molecule has 2 aromatic rings. The molecule has 1 fully saturated rings. The highest BCUT2D eigenvalue weighted by Gasteiger charge is 2.37. The van der Waals surface area contributed by atoms with Gasteiger partial charge < -0.3 is 34.1 Å². The highest BCUT2D eigenvalue weighted by Crippen LogP contribution is 2.39. The van der Waals surface area contributed by atoms with Crippen LogP contribution in [0.25, 0.3) is 0 Å². The van der Waals surface area contributed by atoms with Crippen molar-refractivity contribution in [3.63, 3.8) is 0 Å². The van der Waals surface area contributed by atoms with E-state index in [9.17, 15) is 5.11 Å². The molecule has 1 heterocycles. The first-order chi connectivity index (χ1) is 14.2. The number of aliphatic hydroxyl groups is 1. The quantitative estimate of drug-likeness (QED) is 0.738. The van der Waals surface area contributed by atoms with Crippen LogP contribution in [-0.2, 0) is 0 Å². The molecule has 29 heavy (non-hydrogen) atoms. The van der Waals surface area contributed by atoms with Crippen molar-refractivity contribution in [3.05, 3.63) is 42.5 Å². The lowest BCUT2D eigenvalue weighted by atomic mass is 10.2. The molecule has 0 saturated heterocycles. The van der Waals surface area contributed by atoms with Crippen LogP contribution in [0.2, 0.25) is 0 Å². The van der Waals surface area contributed by atoms with Gasteiger partial charge in [0.05, 0.1) is 14.2 Å². The summed E-state index contributed by atoms with van der Waals surface area (Å²) in [5.41, 5.74) is 0. The Morgan fingerprint density at radius 3 is 2.45 bits per heavy atom. The second kappa shape index (κ2) is 8.80. The van der Waals surface area contributed by atoms with Crippen molar-refractivity contribution < 1.29 is 28.8 Å². The molecule has 2 aromatic carbocycles. The molecular weight excluding hydrogens is 374 g/mol. The Hall–Kier alpha value is -2.64. The Morgan fingerprint density at radius 2 is 1.72 bits per heavy atom. The molecule has 0 amide bonds. The normalized spacial score (nSPS) is 25.5. The minimum atomic E-state index is -0.651. The van der Waals surface area contributed by atoms with Crippen molar-refractivity contribution >= 4 is 0 Å². The van der Waals surface area contributed by atoms with E-state index in [4.69, 9.17) is 23.7 Å². The zero-order chi connectivity index (χ0) is 20.2. The average Bonchev–Trinajstić information content (AvgIpc) is 3.11. The van der Waals surface area contributed by atoms with E-state index in [0.29, 0.717) is 30.4 Å². The zero-order valence-electron chi connectivity index (χ0n) is 16.7. The monoisotopic (exact) mass is 401 g/mol. The maximum Gasteiger partial charge on any atom is 0.203 e. The molecule has 2 N–H and O–H groups in total. The number of fused-ring (bicyclic) bond motifs is 1. The predicted octanol–water partition coefficient (Wildman–Crippen LogP) is 2.40. The molecule has 1 aliphatic heterocycles. The van der Waals surface area contributed by atoms with Crippen molar-refractivity contribution in [2.45, 2.75) is 37.2 Å². The summed E-state index contributed by atoms with van der Waals surface area (Å²) < 4.78 is 28.6. The number of ether oxygens (including phenoxy) is 5. The summed E-state index contributed by atoms with van der Waals surface area (Å²) in [6.45, 7) is 1.06. The van der Waals surface area contributed by atoms with Gasteiger partial charge in [0, 0.05) is 12.6 Å². The van der Waals surface area contributed by atoms with E-state index in [-0.39, 0.29) is 18.2 Å². The van der Waals surface area contributed by atoms with Gasteiger partial charge in [-0.2, -0.15) is 0 Å². The number of rotatable bonds is 7. The topological polar surface area (TPSA) is 78.4 Å². The standard InChI is InChI=1S/C22H27NO6/c1-25-19-8-5-9-20(26-2)22(19)29-18-11-10-15(21(18)24)23-12-14-13-27-16-6-3-4-7-17(16)28-14/h3-9,14-15,18,21,23-24H,10-13H2,1-2H3/t14-,15-,18-,21-/m1/s1. The molecule has 4 rings (SSSR count). The fourth-order valence-electron chi connectivity index (χ4n) is 3.83. The van der Waals surface area contributed by atoms with Crippen molar-refractivity contribution in [1.29, 1.82) is 0 Å². The van der Waals surface area contributed by atoms with Crippen molar-refractivity contribution in [2.75, 3.05) is 27.4 Å². The van der Waals surface area contributed by atoms with E-state index in [1.54, 1.807) is 14.2 Å². The van der Waals surface area contributed by atoms with Gasteiger partial charge in [0.2, 0.25) is 5.75 Å². The van der Waals surface area contributed by atoms with Crippen LogP contribution in [0.1, 0.15) is 12.8 Å². The number of aliphatic hydroxyl groups excluding tert-OH is 1. The number of methoxy groups -OCH3 is 2. The van der Waals surface area contributed by atoms with Crippen LogP contribution >= 0.6 is 0 Å². The number of hydrogen-bond acceptors (Lipinski definition) is 7. The number of para-hydroxylation sites is 3. The van der Waals surface area contributed by atoms with E-state index < -0.39 is 6.10 Å². The van der Waals surface area contributed by atoms with E-state index in [2.05, 4.69) is 5.32 Å². The van der Waals surface area contributed by atoms with Gasteiger partial charge in [-0.15, -0.1) is 0 Å². The van der Waals surface area contributed by atoms with Gasteiger partial charge in [-0.25, -0.2) is 0 Å². The van der Waals surface area contributed by atoms with Crippen molar-refractivity contribution in [3.8, 4) is 28.7 Å². The van der Waals surface area contributed by atoms with Crippen LogP contribution in [0, 0.1) is 0 Å². The highest BCUT2D eigenvalue weighted by molar-refractivity contribution is 5.51. The SMILES string of the molecule is COc1cccc(OC)c1O[C@@H]1CC[C@@H](NC[C@@H]2COc3ccccc3O2)[C@H]1O. The molecule has 4 atom stereocenters. The van der Waals surface area contributed by atoms with Gasteiger partial charge in [-0.3, -0.25) is 0 Å². The predicted molar refractivity (Wildman–Crippen MR) is 107 cm³/mol. The lowest BCUT2D eigenvalue weighted by Crippen LogP contribution is -2.47. The lowest BCUT2D eigenvalue weighted by Gasteiger charge is -2.28. The second-order valence-electron chi connectivity index (χ2n) is 7.23. The maximum atomic E-state index is 10.8. The molecule has 7 nitrogen and oxygen atoms in total. The van der Waals surface area contributed by atoms with E-state index in [0.717, 1.165) is 24.3 Å². The molecule has 1 saturated carbocycles. The summed E-state index contributed by atoms with van der Waals surface area (Å²) in [4.78, 5) is 0. The largest absolute Gasteiger partial charge is 0.493 e. The summed E-state index contributed by atoms with van der Waals surface area (Å²) in [6.07, 6.45) is 0.424. The summed E-state index contributed by atoms with van der Waals surface area (Å²) in [5, 5.41) is 14.2. The molecule has 1 aliphatic carbocycles. The number of benzene rings is 2.